The summed E-state index contributed by atoms with van der Waals surface area (Å²) in [4.78, 5) is 11.2. The first kappa shape index (κ1) is 12.8. The topological polar surface area (TPSA) is 75.7 Å². The summed E-state index contributed by atoms with van der Waals surface area (Å²) in [6.45, 7) is 1.58. The lowest BCUT2D eigenvalue weighted by atomic mass is 10.1. The molecule has 0 bridgehead atoms. The van der Waals surface area contributed by atoms with Gasteiger partial charge in [0.1, 0.15) is 0 Å². The SMILES string of the molecule is COC(=O)c1cccc(C(C)OS(=O)[O-])c1. The predicted molar refractivity (Wildman–Crippen MR) is 56.2 cm³/mol. The first-order valence-electron chi connectivity index (χ1n) is 4.49. The summed E-state index contributed by atoms with van der Waals surface area (Å²) < 4.78 is 29.8. The molecule has 0 amide bonds. The largest absolute Gasteiger partial charge is 0.750 e. The number of carbonyl (C=O) groups is 1. The number of esters is 1. The van der Waals surface area contributed by atoms with Gasteiger partial charge in [-0.15, -0.1) is 0 Å². The summed E-state index contributed by atoms with van der Waals surface area (Å²) in [6.07, 6.45) is -0.636. The first-order chi connectivity index (χ1) is 7.54. The molecule has 6 heteroatoms. The summed E-state index contributed by atoms with van der Waals surface area (Å²) in [6, 6.07) is 6.42. The fourth-order valence-corrected chi connectivity index (χ4v) is 1.56. The quantitative estimate of drug-likeness (QED) is 0.589. The summed E-state index contributed by atoms with van der Waals surface area (Å²) in [5.74, 6) is -0.475. The number of methoxy groups -OCH3 is 1. The zero-order chi connectivity index (χ0) is 12.1. The van der Waals surface area contributed by atoms with E-state index in [1.807, 2.05) is 0 Å². The summed E-state index contributed by atoms with van der Waals surface area (Å²) >= 11 is -2.58. The van der Waals surface area contributed by atoms with Gasteiger partial charge in [-0.05, 0) is 24.6 Å². The van der Waals surface area contributed by atoms with Crippen molar-refractivity contribution in [1.29, 1.82) is 0 Å². The average Bonchev–Trinajstić information content (AvgIpc) is 2.27. The van der Waals surface area contributed by atoms with E-state index in [2.05, 4.69) is 8.92 Å². The molecule has 0 radical (unpaired) electrons. The molecule has 0 aliphatic carbocycles. The van der Waals surface area contributed by atoms with Gasteiger partial charge in [0.15, 0.2) is 0 Å². The molecule has 0 N–H and O–H groups in total. The van der Waals surface area contributed by atoms with Crippen molar-refractivity contribution < 1.29 is 22.5 Å². The fourth-order valence-electron chi connectivity index (χ4n) is 1.21. The zero-order valence-electron chi connectivity index (χ0n) is 8.84. The number of carbonyl (C=O) groups excluding carboxylic acids is 1. The molecule has 0 aliphatic heterocycles. The Kier molecular flexibility index (Phi) is 4.60. The van der Waals surface area contributed by atoms with Gasteiger partial charge in [-0.2, -0.15) is 0 Å². The molecule has 0 fully saturated rings. The molecule has 0 spiro atoms. The Hall–Kier alpha value is -1.24. The van der Waals surface area contributed by atoms with Crippen LogP contribution in [-0.4, -0.2) is 21.8 Å². The lowest BCUT2D eigenvalue weighted by Gasteiger charge is -2.14. The highest BCUT2D eigenvalue weighted by Crippen LogP contribution is 2.18. The van der Waals surface area contributed by atoms with Crippen LogP contribution in [-0.2, 0) is 20.3 Å². The van der Waals surface area contributed by atoms with E-state index >= 15 is 0 Å². The van der Waals surface area contributed by atoms with Crippen molar-refractivity contribution >= 4 is 17.3 Å². The molecule has 0 aromatic heterocycles. The average molecular weight is 243 g/mol. The van der Waals surface area contributed by atoms with Crippen LogP contribution in [0.25, 0.3) is 0 Å². The van der Waals surface area contributed by atoms with Crippen LogP contribution in [0.4, 0.5) is 0 Å². The highest BCUT2D eigenvalue weighted by Gasteiger charge is 2.10. The van der Waals surface area contributed by atoms with Crippen molar-refractivity contribution in [3.05, 3.63) is 35.4 Å². The van der Waals surface area contributed by atoms with Gasteiger partial charge < -0.3 is 9.29 Å². The molecule has 88 valence electrons. The van der Waals surface area contributed by atoms with Crippen molar-refractivity contribution in [2.45, 2.75) is 13.0 Å². The molecular formula is C10H11O5S-. The standard InChI is InChI=1S/C10H12O5S/c1-7(15-16(12)13)8-4-3-5-9(6-8)10(11)14-2/h3-7H,1-2H3,(H,12,13)/p-1. The number of hydrogen-bond acceptors (Lipinski definition) is 5. The number of hydrogen-bond donors (Lipinski definition) is 0. The number of ether oxygens (including phenoxy) is 1. The monoisotopic (exact) mass is 243 g/mol. The van der Waals surface area contributed by atoms with Gasteiger partial charge in [0, 0.05) is 0 Å². The van der Waals surface area contributed by atoms with Crippen LogP contribution in [0.15, 0.2) is 24.3 Å². The van der Waals surface area contributed by atoms with Crippen LogP contribution in [0.5, 0.6) is 0 Å². The van der Waals surface area contributed by atoms with Crippen LogP contribution >= 0.6 is 0 Å². The maximum atomic E-state index is 11.2. The van der Waals surface area contributed by atoms with Gasteiger partial charge in [-0.25, -0.2) is 9.00 Å². The Morgan fingerprint density at radius 1 is 1.50 bits per heavy atom. The smallest absolute Gasteiger partial charge is 0.337 e. The molecule has 2 unspecified atom stereocenters. The molecule has 1 aromatic carbocycles. The van der Waals surface area contributed by atoms with E-state index in [1.54, 1.807) is 25.1 Å². The van der Waals surface area contributed by atoms with Gasteiger partial charge in [-0.1, -0.05) is 12.1 Å². The zero-order valence-corrected chi connectivity index (χ0v) is 9.65. The van der Waals surface area contributed by atoms with Crippen LogP contribution in [0.1, 0.15) is 28.9 Å². The van der Waals surface area contributed by atoms with E-state index in [0.717, 1.165) is 0 Å². The lowest BCUT2D eigenvalue weighted by molar-refractivity contribution is 0.0600. The van der Waals surface area contributed by atoms with E-state index in [0.29, 0.717) is 11.1 Å². The summed E-state index contributed by atoms with van der Waals surface area (Å²) in [5.41, 5.74) is 0.944. The number of rotatable bonds is 4. The second-order valence-electron chi connectivity index (χ2n) is 3.06. The van der Waals surface area contributed by atoms with Gasteiger partial charge in [-0.3, -0.25) is 4.18 Å². The molecule has 0 aliphatic rings. The van der Waals surface area contributed by atoms with Gasteiger partial charge in [0.2, 0.25) is 0 Å². The van der Waals surface area contributed by atoms with Gasteiger partial charge >= 0.3 is 5.97 Å². The van der Waals surface area contributed by atoms with E-state index in [-0.39, 0.29) is 0 Å². The lowest BCUT2D eigenvalue weighted by Crippen LogP contribution is -2.05. The van der Waals surface area contributed by atoms with Crippen molar-refractivity contribution in [3.8, 4) is 0 Å². The van der Waals surface area contributed by atoms with E-state index in [4.69, 9.17) is 0 Å². The summed E-state index contributed by atoms with van der Waals surface area (Å²) in [7, 11) is 1.28. The molecular weight excluding hydrogens is 232 g/mol. The van der Waals surface area contributed by atoms with Gasteiger partial charge in [0.25, 0.3) is 0 Å². The molecule has 2 atom stereocenters. The Morgan fingerprint density at radius 2 is 2.19 bits per heavy atom. The maximum Gasteiger partial charge on any atom is 0.337 e. The third-order valence-electron chi connectivity index (χ3n) is 2.00. The molecule has 0 saturated heterocycles. The molecule has 5 nitrogen and oxygen atoms in total. The fraction of sp³-hybridized carbons (Fsp3) is 0.300. The maximum absolute atomic E-state index is 11.2. The molecule has 0 saturated carbocycles. The Bertz CT molecular complexity index is 404. The second-order valence-corrected chi connectivity index (χ2v) is 3.66. The van der Waals surface area contributed by atoms with E-state index in [9.17, 15) is 13.6 Å². The van der Waals surface area contributed by atoms with Crippen LogP contribution in [0.3, 0.4) is 0 Å². The van der Waals surface area contributed by atoms with Crippen molar-refractivity contribution in [2.24, 2.45) is 0 Å². The van der Waals surface area contributed by atoms with Crippen LogP contribution in [0.2, 0.25) is 0 Å². The molecule has 16 heavy (non-hydrogen) atoms. The van der Waals surface area contributed by atoms with Crippen molar-refractivity contribution in [1.82, 2.24) is 0 Å². The third-order valence-corrected chi connectivity index (χ3v) is 2.45. The van der Waals surface area contributed by atoms with Crippen molar-refractivity contribution in [3.63, 3.8) is 0 Å². The highest BCUT2D eigenvalue weighted by molar-refractivity contribution is 7.74. The minimum Gasteiger partial charge on any atom is -0.750 e. The minimum absolute atomic E-state index is 0.354. The molecule has 0 heterocycles. The Balaban J connectivity index is 2.89. The first-order valence-corrected chi connectivity index (χ1v) is 5.49. The molecule has 1 rings (SSSR count). The second kappa shape index (κ2) is 5.74. The highest BCUT2D eigenvalue weighted by atomic mass is 32.2. The normalized spacial score (nSPS) is 14.2. The number of benzene rings is 1. The third kappa shape index (κ3) is 3.41. The van der Waals surface area contributed by atoms with Crippen LogP contribution in [0, 0.1) is 0 Å². The minimum atomic E-state index is -2.58. The van der Waals surface area contributed by atoms with Crippen LogP contribution < -0.4 is 0 Å². The Labute approximate surface area is 95.9 Å². The van der Waals surface area contributed by atoms with Gasteiger partial charge in [0.05, 0.1) is 30.1 Å². The Morgan fingerprint density at radius 3 is 2.75 bits per heavy atom. The van der Waals surface area contributed by atoms with E-state index in [1.165, 1.54) is 13.2 Å². The van der Waals surface area contributed by atoms with Crippen molar-refractivity contribution in [2.75, 3.05) is 7.11 Å². The summed E-state index contributed by atoms with van der Waals surface area (Å²) in [5, 5.41) is 0. The predicted octanol–water partition coefficient (Wildman–Crippen LogP) is 1.34. The molecule has 1 aromatic rings. The van der Waals surface area contributed by atoms with E-state index < -0.39 is 23.4 Å².